The van der Waals surface area contributed by atoms with Gasteiger partial charge in [-0.25, -0.2) is 4.98 Å². The van der Waals surface area contributed by atoms with Crippen molar-refractivity contribution in [2.45, 2.75) is 57.7 Å². The highest BCUT2D eigenvalue weighted by atomic mass is 16.5. The number of fused-ring (bicyclic) bond motifs is 1. The van der Waals surface area contributed by atoms with Crippen LogP contribution in [0, 0.1) is 0 Å². The van der Waals surface area contributed by atoms with E-state index in [0.29, 0.717) is 6.10 Å². The number of aromatic nitrogens is 2. The molecule has 0 radical (unpaired) electrons. The van der Waals surface area contributed by atoms with Gasteiger partial charge in [-0.1, -0.05) is 12.1 Å². The van der Waals surface area contributed by atoms with Crippen LogP contribution in [-0.4, -0.2) is 28.3 Å². The van der Waals surface area contributed by atoms with Crippen LogP contribution in [0.4, 0.5) is 0 Å². The van der Waals surface area contributed by atoms with E-state index in [0.717, 1.165) is 43.8 Å². The Balaban J connectivity index is 1.71. The maximum absolute atomic E-state index is 6.35. The van der Waals surface area contributed by atoms with Gasteiger partial charge in [-0.05, 0) is 44.7 Å². The number of hydrogen-bond acceptors (Lipinski definition) is 3. The molecule has 1 saturated heterocycles. The minimum Gasteiger partial charge on any atom is -0.378 e. The Morgan fingerprint density at radius 3 is 3.00 bits per heavy atom. The van der Waals surface area contributed by atoms with E-state index >= 15 is 0 Å². The molecule has 1 aliphatic rings. The molecular formula is C17H25N3O. The summed E-state index contributed by atoms with van der Waals surface area (Å²) in [5.41, 5.74) is 8.62. The molecule has 0 spiro atoms. The van der Waals surface area contributed by atoms with E-state index in [1.807, 2.05) is 6.07 Å². The Labute approximate surface area is 126 Å². The third-order valence-corrected chi connectivity index (χ3v) is 4.33. The topological polar surface area (TPSA) is 53.1 Å². The number of benzene rings is 1. The van der Waals surface area contributed by atoms with Gasteiger partial charge in [0, 0.05) is 25.6 Å². The zero-order valence-corrected chi connectivity index (χ0v) is 12.8. The van der Waals surface area contributed by atoms with Gasteiger partial charge in [0.15, 0.2) is 0 Å². The van der Waals surface area contributed by atoms with Crippen LogP contribution < -0.4 is 5.73 Å². The second-order valence-electron chi connectivity index (χ2n) is 5.95. The van der Waals surface area contributed by atoms with Gasteiger partial charge in [0.2, 0.25) is 0 Å². The molecule has 2 unspecified atom stereocenters. The molecule has 2 heterocycles. The van der Waals surface area contributed by atoms with Crippen LogP contribution in [-0.2, 0) is 17.7 Å². The summed E-state index contributed by atoms with van der Waals surface area (Å²) in [6.45, 7) is 3.99. The molecule has 3 rings (SSSR count). The molecule has 1 fully saturated rings. The lowest BCUT2D eigenvalue weighted by Crippen LogP contribution is -2.32. The monoisotopic (exact) mass is 287 g/mol. The Hall–Kier alpha value is -1.39. The molecule has 1 aliphatic heterocycles. The minimum atomic E-state index is 0.121. The average molecular weight is 287 g/mol. The summed E-state index contributed by atoms with van der Waals surface area (Å²) in [7, 11) is 0. The van der Waals surface area contributed by atoms with Crippen molar-refractivity contribution in [3.63, 3.8) is 0 Å². The highest BCUT2D eigenvalue weighted by Gasteiger charge is 2.19. The van der Waals surface area contributed by atoms with Gasteiger partial charge < -0.3 is 15.0 Å². The second-order valence-corrected chi connectivity index (χ2v) is 5.95. The fraction of sp³-hybridized carbons (Fsp3) is 0.588. The molecular weight excluding hydrogens is 262 g/mol. The summed E-state index contributed by atoms with van der Waals surface area (Å²) in [4.78, 5) is 4.76. The molecule has 0 bridgehead atoms. The fourth-order valence-electron chi connectivity index (χ4n) is 3.28. The first-order valence-corrected chi connectivity index (χ1v) is 8.09. The summed E-state index contributed by atoms with van der Waals surface area (Å²) in [6, 6.07) is 8.42. The second kappa shape index (κ2) is 6.58. The van der Waals surface area contributed by atoms with Crippen molar-refractivity contribution < 1.29 is 4.74 Å². The quantitative estimate of drug-likeness (QED) is 0.920. The van der Waals surface area contributed by atoms with Gasteiger partial charge in [0.25, 0.3) is 0 Å². The number of imidazole rings is 1. The van der Waals surface area contributed by atoms with Crippen LogP contribution in [0.5, 0.6) is 0 Å². The number of para-hydroxylation sites is 2. The van der Waals surface area contributed by atoms with Crippen molar-refractivity contribution in [2.24, 2.45) is 5.73 Å². The Morgan fingerprint density at radius 1 is 1.38 bits per heavy atom. The van der Waals surface area contributed by atoms with Crippen molar-refractivity contribution in [1.82, 2.24) is 9.55 Å². The summed E-state index contributed by atoms with van der Waals surface area (Å²) in [5, 5.41) is 0. The van der Waals surface area contributed by atoms with Crippen LogP contribution >= 0.6 is 0 Å². The Bertz CT molecular complexity index is 587. The Kier molecular flexibility index (Phi) is 4.56. The Morgan fingerprint density at radius 2 is 2.24 bits per heavy atom. The SMILES string of the molecule is CCn1c(CC(N)CC2CCCCO2)nc2ccccc21. The first kappa shape index (κ1) is 14.5. The van der Waals surface area contributed by atoms with E-state index in [9.17, 15) is 0 Å². The van der Waals surface area contributed by atoms with Crippen LogP contribution in [0.1, 0.15) is 38.4 Å². The van der Waals surface area contributed by atoms with E-state index in [2.05, 4.69) is 29.7 Å². The number of nitrogens with two attached hydrogens (primary N) is 1. The number of hydrogen-bond donors (Lipinski definition) is 1. The molecule has 2 N–H and O–H groups in total. The zero-order valence-electron chi connectivity index (χ0n) is 12.8. The van der Waals surface area contributed by atoms with E-state index < -0.39 is 0 Å². The zero-order chi connectivity index (χ0) is 14.7. The van der Waals surface area contributed by atoms with Gasteiger partial charge in [-0.3, -0.25) is 0 Å². The minimum absolute atomic E-state index is 0.121. The average Bonchev–Trinajstić information content (AvgIpc) is 2.85. The van der Waals surface area contributed by atoms with Crippen LogP contribution in [0.3, 0.4) is 0 Å². The van der Waals surface area contributed by atoms with E-state index in [-0.39, 0.29) is 6.04 Å². The highest BCUT2D eigenvalue weighted by Crippen LogP contribution is 2.20. The molecule has 2 aromatic rings. The van der Waals surface area contributed by atoms with Crippen LogP contribution in [0.15, 0.2) is 24.3 Å². The maximum atomic E-state index is 6.35. The first-order valence-electron chi connectivity index (χ1n) is 8.09. The largest absolute Gasteiger partial charge is 0.378 e. The standard InChI is InChI=1S/C17H25N3O/c1-2-20-16-9-4-3-8-15(16)19-17(20)12-13(18)11-14-7-5-6-10-21-14/h3-4,8-9,13-14H,2,5-7,10-12,18H2,1H3. The number of rotatable bonds is 5. The smallest absolute Gasteiger partial charge is 0.111 e. The van der Waals surface area contributed by atoms with Crippen molar-refractivity contribution in [1.29, 1.82) is 0 Å². The van der Waals surface area contributed by atoms with Crippen molar-refractivity contribution in [3.8, 4) is 0 Å². The molecule has 21 heavy (non-hydrogen) atoms. The van der Waals surface area contributed by atoms with E-state index in [4.69, 9.17) is 15.5 Å². The molecule has 2 atom stereocenters. The summed E-state index contributed by atoms with van der Waals surface area (Å²) in [5.74, 6) is 1.10. The molecule has 4 nitrogen and oxygen atoms in total. The lowest BCUT2D eigenvalue weighted by molar-refractivity contribution is 0.00735. The molecule has 0 amide bonds. The number of ether oxygens (including phenoxy) is 1. The molecule has 0 saturated carbocycles. The fourth-order valence-corrected chi connectivity index (χ4v) is 3.28. The van der Waals surface area contributed by atoms with E-state index in [1.54, 1.807) is 0 Å². The molecule has 1 aromatic heterocycles. The van der Waals surface area contributed by atoms with Gasteiger partial charge in [-0.15, -0.1) is 0 Å². The van der Waals surface area contributed by atoms with Gasteiger partial charge in [0.05, 0.1) is 17.1 Å². The lowest BCUT2D eigenvalue weighted by Gasteiger charge is -2.25. The van der Waals surface area contributed by atoms with E-state index in [1.165, 1.54) is 18.4 Å². The maximum Gasteiger partial charge on any atom is 0.111 e. The third kappa shape index (κ3) is 3.27. The van der Waals surface area contributed by atoms with Crippen LogP contribution in [0.2, 0.25) is 0 Å². The van der Waals surface area contributed by atoms with Crippen LogP contribution in [0.25, 0.3) is 11.0 Å². The van der Waals surface area contributed by atoms with Gasteiger partial charge in [-0.2, -0.15) is 0 Å². The normalized spacial score (nSPS) is 20.8. The van der Waals surface area contributed by atoms with Gasteiger partial charge in [0.1, 0.15) is 5.82 Å². The molecule has 1 aromatic carbocycles. The predicted octanol–water partition coefficient (Wildman–Crippen LogP) is 2.89. The summed E-state index contributed by atoms with van der Waals surface area (Å²) >= 11 is 0. The third-order valence-electron chi connectivity index (χ3n) is 4.33. The number of aryl methyl sites for hydroxylation is 1. The molecule has 4 heteroatoms. The van der Waals surface area contributed by atoms with Crippen molar-refractivity contribution in [2.75, 3.05) is 6.61 Å². The van der Waals surface area contributed by atoms with Crippen molar-refractivity contribution in [3.05, 3.63) is 30.1 Å². The number of nitrogens with zero attached hydrogens (tertiary/aromatic N) is 2. The summed E-state index contributed by atoms with van der Waals surface area (Å²) in [6.07, 6.45) is 5.71. The predicted molar refractivity (Wildman–Crippen MR) is 85.3 cm³/mol. The lowest BCUT2D eigenvalue weighted by atomic mass is 10.0. The molecule has 0 aliphatic carbocycles. The van der Waals surface area contributed by atoms with Gasteiger partial charge >= 0.3 is 0 Å². The first-order chi connectivity index (χ1) is 10.3. The van der Waals surface area contributed by atoms with Crippen molar-refractivity contribution >= 4 is 11.0 Å². The summed E-state index contributed by atoms with van der Waals surface area (Å²) < 4.78 is 8.07. The highest BCUT2D eigenvalue weighted by molar-refractivity contribution is 5.75. The molecule has 114 valence electrons.